The van der Waals surface area contributed by atoms with Crippen molar-refractivity contribution in [1.82, 2.24) is 20.3 Å². The van der Waals surface area contributed by atoms with E-state index in [9.17, 15) is 28.9 Å². The summed E-state index contributed by atoms with van der Waals surface area (Å²) in [7, 11) is 1.34. The van der Waals surface area contributed by atoms with Gasteiger partial charge in [-0.05, 0) is 49.7 Å². The highest BCUT2D eigenvalue weighted by Gasteiger charge is 2.52. The molecule has 3 aromatic rings. The number of aliphatic hydroxyl groups excluding tert-OH is 3. The van der Waals surface area contributed by atoms with Crippen molar-refractivity contribution in [3.8, 4) is 11.3 Å². The molecule has 2 fully saturated rings. The van der Waals surface area contributed by atoms with Gasteiger partial charge in [0.15, 0.2) is 6.10 Å². The number of benzene rings is 2. The smallest absolute Gasteiger partial charge is 0.259 e. The van der Waals surface area contributed by atoms with E-state index in [1.165, 1.54) is 29.8 Å². The molecule has 2 aliphatic heterocycles. The normalized spacial score (nSPS) is 27.8. The number of aliphatic hydroxyl groups is 3. The van der Waals surface area contributed by atoms with E-state index >= 15 is 0 Å². The van der Waals surface area contributed by atoms with E-state index in [-0.39, 0.29) is 23.4 Å². The van der Waals surface area contributed by atoms with Crippen molar-refractivity contribution in [3.63, 3.8) is 0 Å². The van der Waals surface area contributed by atoms with Gasteiger partial charge in [-0.1, -0.05) is 21.1 Å². The zero-order valence-electron chi connectivity index (χ0n) is 23.1. The molecule has 5 rings (SSSR count). The fraction of sp³-hybridized carbons (Fsp3) is 0.464. The van der Waals surface area contributed by atoms with Gasteiger partial charge in [0.25, 0.3) is 5.91 Å². The minimum absolute atomic E-state index is 0.121. The minimum Gasteiger partial charge on any atom is -0.394 e. The molecule has 2 aromatic carbocycles. The predicted octanol–water partition coefficient (Wildman–Crippen LogP) is 1.65. The highest BCUT2D eigenvalue weighted by atomic mass is 79.9. The summed E-state index contributed by atoms with van der Waals surface area (Å²) in [4.78, 5) is 15.8. The molecule has 1 aromatic heterocycles. The van der Waals surface area contributed by atoms with E-state index in [0.29, 0.717) is 12.2 Å². The summed E-state index contributed by atoms with van der Waals surface area (Å²) in [5.41, 5.74) is 1.49. The lowest BCUT2D eigenvalue weighted by Crippen LogP contribution is -2.63. The zero-order chi connectivity index (χ0) is 30.3. The number of carbonyl (C=O) groups is 1. The number of hydrogen-bond donors (Lipinski definition) is 4. The number of hydrogen-bond acceptors (Lipinski definition) is 9. The molecule has 0 saturated carbocycles. The number of carbonyl (C=O) groups excluding carboxylic acids is 1. The van der Waals surface area contributed by atoms with Gasteiger partial charge < -0.3 is 35.0 Å². The van der Waals surface area contributed by atoms with E-state index in [1.54, 1.807) is 12.1 Å². The Morgan fingerprint density at radius 1 is 1.19 bits per heavy atom. The number of amides is 1. The molecule has 0 radical (unpaired) electrons. The molecule has 0 spiro atoms. The monoisotopic (exact) mass is 651 g/mol. The Labute approximate surface area is 249 Å². The van der Waals surface area contributed by atoms with Gasteiger partial charge in [-0.25, -0.2) is 13.5 Å². The lowest BCUT2D eigenvalue weighted by Gasteiger charge is -2.45. The summed E-state index contributed by atoms with van der Waals surface area (Å²) in [6.07, 6.45) is -4.60. The van der Waals surface area contributed by atoms with E-state index in [4.69, 9.17) is 9.47 Å². The predicted molar refractivity (Wildman–Crippen MR) is 151 cm³/mol. The van der Waals surface area contributed by atoms with E-state index in [1.807, 2.05) is 13.0 Å². The number of methoxy groups -OCH3 is 1. The Morgan fingerprint density at radius 2 is 1.90 bits per heavy atom. The molecule has 7 atom stereocenters. The molecule has 1 amide bonds. The zero-order valence-corrected chi connectivity index (χ0v) is 24.7. The number of β-amino-alcohol motifs (C(OH)–C–C–N with tert-alkyl or cyclic N) is 1. The Balaban J connectivity index is 1.54. The number of anilines is 1. The minimum atomic E-state index is -1.40. The highest BCUT2D eigenvalue weighted by molar-refractivity contribution is 9.10. The first-order valence-corrected chi connectivity index (χ1v) is 14.2. The van der Waals surface area contributed by atoms with Gasteiger partial charge in [-0.2, -0.15) is 0 Å². The maximum Gasteiger partial charge on any atom is 0.259 e. The number of nitrogens with zero attached hydrogens (tertiary/aromatic N) is 4. The lowest BCUT2D eigenvalue weighted by molar-refractivity contribution is -0.211. The van der Waals surface area contributed by atoms with Crippen LogP contribution < -0.4 is 10.2 Å². The summed E-state index contributed by atoms with van der Waals surface area (Å²) < 4.78 is 42.2. The summed E-state index contributed by atoms with van der Waals surface area (Å²) in [5.74, 6) is -2.07. The van der Waals surface area contributed by atoms with E-state index in [2.05, 4.69) is 31.6 Å². The summed E-state index contributed by atoms with van der Waals surface area (Å²) >= 11 is 3.48. The fourth-order valence-electron chi connectivity index (χ4n) is 5.60. The third kappa shape index (κ3) is 5.72. The van der Waals surface area contributed by atoms with Gasteiger partial charge >= 0.3 is 0 Å². The highest BCUT2D eigenvalue weighted by Crippen LogP contribution is 2.36. The van der Waals surface area contributed by atoms with Crippen molar-refractivity contribution < 1.29 is 38.4 Å². The van der Waals surface area contributed by atoms with Crippen LogP contribution in [-0.2, 0) is 14.3 Å². The van der Waals surface area contributed by atoms with Gasteiger partial charge in [0.2, 0.25) is 0 Å². The summed E-state index contributed by atoms with van der Waals surface area (Å²) in [6.45, 7) is 3.16. The van der Waals surface area contributed by atoms with Gasteiger partial charge in [0, 0.05) is 41.5 Å². The van der Waals surface area contributed by atoms with Crippen LogP contribution in [0.1, 0.15) is 17.2 Å². The largest absolute Gasteiger partial charge is 0.394 e. The quantitative estimate of drug-likeness (QED) is 0.300. The number of rotatable bonds is 7. The number of aryl methyl sites for hydroxylation is 1. The molecule has 4 N–H and O–H groups in total. The Bertz CT molecular complexity index is 1420. The molecular weight excluding hydrogens is 620 g/mol. The standard InChI is InChI=1S/C28H32BrF2N5O6/c1-13-4-16(29)8-17(5-13)36(21-9-32-10-22(21)38)28(40)27-26(41-3)24(25(39)23(12-37)42-27)35-11-20(33-34-35)15-6-18(30)14(2)19(31)7-15/h4-8,11,21-27,32,37-39H,9-10,12H2,1-3H3/t21-,22-,23-,24+,25+,26-,27-/m1/s1. The van der Waals surface area contributed by atoms with Gasteiger partial charge in [0.05, 0.1) is 24.9 Å². The topological polar surface area (TPSA) is 142 Å². The van der Waals surface area contributed by atoms with Crippen LogP contribution in [0.2, 0.25) is 0 Å². The molecule has 42 heavy (non-hydrogen) atoms. The number of halogens is 3. The molecule has 0 unspecified atom stereocenters. The Morgan fingerprint density at radius 3 is 2.50 bits per heavy atom. The van der Waals surface area contributed by atoms with Crippen LogP contribution in [0.25, 0.3) is 11.3 Å². The first-order chi connectivity index (χ1) is 20.0. The average molecular weight is 652 g/mol. The van der Waals surface area contributed by atoms with Gasteiger partial charge in [0.1, 0.15) is 41.7 Å². The maximum atomic E-state index is 14.4. The van der Waals surface area contributed by atoms with Crippen molar-refractivity contribution in [2.45, 2.75) is 56.5 Å². The molecular formula is C28H32BrF2N5O6. The van der Waals surface area contributed by atoms with Crippen LogP contribution in [-0.4, -0.2) is 99.6 Å². The molecule has 2 aliphatic rings. The summed E-state index contributed by atoms with van der Waals surface area (Å²) in [6, 6.07) is 5.96. The molecule has 0 aliphatic carbocycles. The second kappa shape index (κ2) is 12.4. The van der Waals surface area contributed by atoms with Gasteiger partial charge in [-0.15, -0.1) is 5.10 Å². The van der Waals surface area contributed by atoms with Crippen molar-refractivity contribution in [1.29, 1.82) is 0 Å². The first kappa shape index (κ1) is 30.6. The molecule has 226 valence electrons. The van der Waals surface area contributed by atoms with Crippen molar-refractivity contribution in [2.75, 3.05) is 31.7 Å². The van der Waals surface area contributed by atoms with Crippen LogP contribution in [0.15, 0.2) is 41.0 Å². The molecule has 0 bridgehead atoms. The SMILES string of the molecule is CO[C@@H]1[C@@H](n2cc(-c3cc(F)c(C)c(F)c3)nn2)[C@@H](O)[C@@H](CO)O[C@H]1C(=O)N(c1cc(C)cc(Br)c1)[C@@H]1CNC[C@H]1O. The average Bonchev–Trinajstić information content (AvgIpc) is 3.60. The third-order valence-electron chi connectivity index (χ3n) is 7.80. The van der Waals surface area contributed by atoms with Crippen molar-refractivity contribution in [2.24, 2.45) is 0 Å². The van der Waals surface area contributed by atoms with Crippen LogP contribution in [0, 0.1) is 25.5 Å². The van der Waals surface area contributed by atoms with Gasteiger partial charge in [-0.3, -0.25) is 4.79 Å². The van der Waals surface area contributed by atoms with Crippen molar-refractivity contribution >= 4 is 27.5 Å². The number of ether oxygens (including phenoxy) is 2. The van der Waals surface area contributed by atoms with Crippen LogP contribution in [0.3, 0.4) is 0 Å². The number of aromatic nitrogens is 3. The lowest BCUT2D eigenvalue weighted by atomic mass is 9.91. The first-order valence-electron chi connectivity index (χ1n) is 13.4. The van der Waals surface area contributed by atoms with Crippen LogP contribution in [0.4, 0.5) is 14.5 Å². The third-order valence-corrected chi connectivity index (χ3v) is 8.26. The second-order valence-electron chi connectivity index (χ2n) is 10.6. The Kier molecular flexibility index (Phi) is 9.04. The van der Waals surface area contributed by atoms with E-state index < -0.39 is 66.8 Å². The summed E-state index contributed by atoms with van der Waals surface area (Å²) in [5, 5.41) is 43.3. The van der Waals surface area contributed by atoms with E-state index in [0.717, 1.165) is 22.2 Å². The molecule has 3 heterocycles. The second-order valence-corrected chi connectivity index (χ2v) is 11.5. The van der Waals surface area contributed by atoms with Crippen LogP contribution in [0.5, 0.6) is 0 Å². The van der Waals surface area contributed by atoms with Crippen LogP contribution >= 0.6 is 15.9 Å². The van der Waals surface area contributed by atoms with Crippen molar-refractivity contribution in [3.05, 3.63) is 63.8 Å². The molecule has 14 heteroatoms. The Hall–Kier alpha value is -2.85. The number of nitrogens with one attached hydrogen (secondary N) is 1. The molecule has 2 saturated heterocycles. The molecule has 11 nitrogen and oxygen atoms in total. The fourth-order valence-corrected chi connectivity index (χ4v) is 6.19. The maximum absolute atomic E-state index is 14.4.